The predicted molar refractivity (Wildman–Crippen MR) is 73.1 cm³/mol. The first-order valence-corrected chi connectivity index (χ1v) is 6.62. The molecule has 0 aliphatic carbocycles. The number of halogens is 1. The molecule has 0 aliphatic rings. The number of carboxylic acids is 1. The molecule has 106 valence electrons. The molecule has 0 unspecified atom stereocenters. The lowest BCUT2D eigenvalue weighted by Gasteiger charge is -2.18. The highest BCUT2D eigenvalue weighted by Crippen LogP contribution is 2.19. The van der Waals surface area contributed by atoms with E-state index in [0.717, 1.165) is 4.47 Å². The standard InChI is InChI=1S/C12H17BrN2O4/c1-6(2)15-5-8(13)4-9(15)11(17)14-10(7(3)16)12(18)19/h4-7,10,16H,1-3H3,(H,14,17)(H,18,19)/t7-,10+/m1/s1. The zero-order chi connectivity index (χ0) is 14.7. The van der Waals surface area contributed by atoms with Crippen LogP contribution in [-0.2, 0) is 4.79 Å². The molecule has 0 bridgehead atoms. The Bertz CT molecular complexity index is 482. The van der Waals surface area contributed by atoms with E-state index in [1.807, 2.05) is 13.8 Å². The van der Waals surface area contributed by atoms with Crippen molar-refractivity contribution in [3.05, 3.63) is 22.4 Å². The molecule has 0 aromatic carbocycles. The van der Waals surface area contributed by atoms with Gasteiger partial charge in [0.1, 0.15) is 5.69 Å². The number of carbonyl (C=O) groups is 2. The van der Waals surface area contributed by atoms with E-state index in [4.69, 9.17) is 5.11 Å². The van der Waals surface area contributed by atoms with Crippen molar-refractivity contribution in [2.75, 3.05) is 0 Å². The van der Waals surface area contributed by atoms with Gasteiger partial charge in [-0.15, -0.1) is 0 Å². The predicted octanol–water partition coefficient (Wildman–Crippen LogP) is 1.40. The van der Waals surface area contributed by atoms with Gasteiger partial charge >= 0.3 is 5.97 Å². The first-order valence-electron chi connectivity index (χ1n) is 5.83. The molecule has 0 radical (unpaired) electrons. The zero-order valence-corrected chi connectivity index (χ0v) is 12.5. The number of nitrogens with one attached hydrogen (secondary N) is 1. The normalized spacial score (nSPS) is 14.2. The Balaban J connectivity index is 2.98. The lowest BCUT2D eigenvalue weighted by Crippen LogP contribution is -2.48. The van der Waals surface area contributed by atoms with Crippen molar-refractivity contribution in [3.8, 4) is 0 Å². The summed E-state index contributed by atoms with van der Waals surface area (Å²) in [4.78, 5) is 23.0. The molecule has 6 nitrogen and oxygen atoms in total. The number of aliphatic carboxylic acids is 1. The Hall–Kier alpha value is -1.34. The first-order chi connectivity index (χ1) is 8.73. The van der Waals surface area contributed by atoms with E-state index in [0.29, 0.717) is 5.69 Å². The second-order valence-electron chi connectivity index (χ2n) is 4.57. The highest BCUT2D eigenvalue weighted by Gasteiger charge is 2.27. The van der Waals surface area contributed by atoms with Gasteiger partial charge in [0.05, 0.1) is 6.10 Å². The van der Waals surface area contributed by atoms with Gasteiger partial charge in [0.25, 0.3) is 5.91 Å². The fourth-order valence-corrected chi connectivity index (χ4v) is 2.10. The Morgan fingerprint density at radius 3 is 2.37 bits per heavy atom. The van der Waals surface area contributed by atoms with Crippen LogP contribution in [0.4, 0.5) is 0 Å². The summed E-state index contributed by atoms with van der Waals surface area (Å²) in [5.74, 6) is -1.81. The zero-order valence-electron chi connectivity index (χ0n) is 10.9. The number of hydrogen-bond donors (Lipinski definition) is 3. The number of rotatable bonds is 5. The van der Waals surface area contributed by atoms with Crippen LogP contribution in [0.2, 0.25) is 0 Å². The van der Waals surface area contributed by atoms with Gasteiger partial charge in [-0.25, -0.2) is 4.79 Å². The molecule has 1 heterocycles. The van der Waals surface area contributed by atoms with E-state index >= 15 is 0 Å². The Morgan fingerprint density at radius 2 is 1.95 bits per heavy atom. The van der Waals surface area contributed by atoms with Gasteiger partial charge < -0.3 is 20.1 Å². The number of hydrogen-bond acceptors (Lipinski definition) is 3. The molecular formula is C12H17BrN2O4. The maximum absolute atomic E-state index is 12.1. The van der Waals surface area contributed by atoms with Gasteiger partial charge in [-0.05, 0) is 42.8 Å². The molecule has 1 aromatic rings. The summed E-state index contributed by atoms with van der Waals surface area (Å²) in [5.41, 5.74) is 0.341. The minimum absolute atomic E-state index is 0.0573. The van der Waals surface area contributed by atoms with Crippen LogP contribution < -0.4 is 5.32 Å². The van der Waals surface area contributed by atoms with Crippen LogP contribution in [0.5, 0.6) is 0 Å². The number of carbonyl (C=O) groups excluding carboxylic acids is 1. The van der Waals surface area contributed by atoms with Crippen LogP contribution in [0, 0.1) is 0 Å². The minimum atomic E-state index is -1.33. The van der Waals surface area contributed by atoms with Crippen molar-refractivity contribution < 1.29 is 19.8 Å². The van der Waals surface area contributed by atoms with Crippen molar-refractivity contribution in [2.24, 2.45) is 0 Å². The van der Waals surface area contributed by atoms with Gasteiger partial charge in [-0.2, -0.15) is 0 Å². The quantitative estimate of drug-likeness (QED) is 0.759. The molecule has 0 saturated carbocycles. The molecule has 0 fully saturated rings. The van der Waals surface area contributed by atoms with Crippen LogP contribution in [0.1, 0.15) is 37.3 Å². The molecule has 7 heteroatoms. The number of carboxylic acid groups (broad SMARTS) is 1. The summed E-state index contributed by atoms with van der Waals surface area (Å²) in [6.45, 7) is 5.13. The van der Waals surface area contributed by atoms with Gasteiger partial charge in [0, 0.05) is 16.7 Å². The van der Waals surface area contributed by atoms with Crippen molar-refractivity contribution in [2.45, 2.75) is 39.0 Å². The van der Waals surface area contributed by atoms with Crippen LogP contribution in [0.15, 0.2) is 16.7 Å². The van der Waals surface area contributed by atoms with E-state index in [1.165, 1.54) is 6.92 Å². The van der Waals surface area contributed by atoms with E-state index in [1.54, 1.807) is 16.8 Å². The number of nitrogens with zero attached hydrogens (tertiary/aromatic N) is 1. The molecule has 2 atom stereocenters. The van der Waals surface area contributed by atoms with Crippen LogP contribution in [0.25, 0.3) is 0 Å². The molecule has 0 spiro atoms. The number of aliphatic hydroxyl groups is 1. The molecule has 1 amide bonds. The summed E-state index contributed by atoms with van der Waals surface area (Å²) in [5, 5.41) is 20.6. The van der Waals surface area contributed by atoms with Crippen LogP contribution in [-0.4, -0.2) is 38.8 Å². The minimum Gasteiger partial charge on any atom is -0.480 e. The van der Waals surface area contributed by atoms with Gasteiger partial charge in [0.15, 0.2) is 6.04 Å². The van der Waals surface area contributed by atoms with Crippen molar-refractivity contribution in [3.63, 3.8) is 0 Å². The van der Waals surface area contributed by atoms with Gasteiger partial charge in [0.2, 0.25) is 0 Å². The van der Waals surface area contributed by atoms with Crippen LogP contribution >= 0.6 is 15.9 Å². The Morgan fingerprint density at radius 1 is 1.37 bits per heavy atom. The average molecular weight is 333 g/mol. The molecule has 0 saturated heterocycles. The molecule has 3 N–H and O–H groups in total. The molecule has 1 aromatic heterocycles. The fourth-order valence-electron chi connectivity index (χ4n) is 1.66. The largest absolute Gasteiger partial charge is 0.480 e. The molecule has 0 aliphatic heterocycles. The summed E-state index contributed by atoms with van der Waals surface area (Å²) in [6, 6.07) is 0.333. The van der Waals surface area contributed by atoms with E-state index in [9.17, 15) is 14.7 Å². The molecule has 1 rings (SSSR count). The fraction of sp³-hybridized carbons (Fsp3) is 0.500. The Labute approximate surface area is 119 Å². The van der Waals surface area contributed by atoms with Crippen molar-refractivity contribution >= 4 is 27.8 Å². The highest BCUT2D eigenvalue weighted by atomic mass is 79.9. The van der Waals surface area contributed by atoms with E-state index < -0.39 is 24.0 Å². The van der Waals surface area contributed by atoms with Crippen molar-refractivity contribution in [1.29, 1.82) is 0 Å². The van der Waals surface area contributed by atoms with Crippen LogP contribution in [0.3, 0.4) is 0 Å². The molecular weight excluding hydrogens is 316 g/mol. The summed E-state index contributed by atoms with van der Waals surface area (Å²) < 4.78 is 2.45. The first kappa shape index (κ1) is 15.7. The topological polar surface area (TPSA) is 91.6 Å². The monoisotopic (exact) mass is 332 g/mol. The van der Waals surface area contributed by atoms with E-state index in [2.05, 4.69) is 21.2 Å². The van der Waals surface area contributed by atoms with Gasteiger partial charge in [-0.3, -0.25) is 4.79 Å². The van der Waals surface area contributed by atoms with Gasteiger partial charge in [-0.1, -0.05) is 0 Å². The third kappa shape index (κ3) is 3.81. The highest BCUT2D eigenvalue weighted by molar-refractivity contribution is 9.10. The number of amides is 1. The summed E-state index contributed by atoms with van der Waals surface area (Å²) in [6.07, 6.45) is 0.574. The average Bonchev–Trinajstić information content (AvgIpc) is 2.67. The smallest absolute Gasteiger partial charge is 0.328 e. The van der Waals surface area contributed by atoms with Crippen molar-refractivity contribution in [1.82, 2.24) is 9.88 Å². The number of aliphatic hydroxyl groups excluding tert-OH is 1. The summed E-state index contributed by atoms with van der Waals surface area (Å²) >= 11 is 3.28. The maximum Gasteiger partial charge on any atom is 0.328 e. The second kappa shape index (κ2) is 6.21. The SMILES string of the molecule is CC(C)n1cc(Br)cc1C(=O)N[C@H](C(=O)O)[C@@H](C)O. The maximum atomic E-state index is 12.1. The summed E-state index contributed by atoms with van der Waals surface area (Å²) in [7, 11) is 0. The third-order valence-electron chi connectivity index (χ3n) is 2.64. The second-order valence-corrected chi connectivity index (χ2v) is 5.49. The number of aromatic nitrogens is 1. The lowest BCUT2D eigenvalue weighted by molar-refractivity contribution is -0.141. The van der Waals surface area contributed by atoms with E-state index in [-0.39, 0.29) is 6.04 Å². The molecule has 19 heavy (non-hydrogen) atoms. The Kier molecular flexibility index (Phi) is 5.13. The lowest BCUT2D eigenvalue weighted by atomic mass is 10.2. The third-order valence-corrected chi connectivity index (χ3v) is 3.07.